The number of nitrogens with two attached hydrogens (primary N) is 2. The highest BCUT2D eigenvalue weighted by Gasteiger charge is 2.67. The molecule has 0 aliphatic carbocycles. The van der Waals surface area contributed by atoms with Gasteiger partial charge in [-0.3, -0.25) is 19.5 Å². The van der Waals surface area contributed by atoms with Crippen molar-refractivity contribution < 1.29 is 38.7 Å². The molecular weight excluding hydrogens is 580 g/mol. The number of thioether (sulfide) groups is 1. The minimum Gasteiger partial charge on any atom is -0.479 e. The number of aliphatic carboxylic acids is 1. The second kappa shape index (κ2) is 10.3. The molecule has 0 radical (unpaired) electrons. The van der Waals surface area contributed by atoms with Gasteiger partial charge in [0.05, 0.1) is 19.1 Å². The summed E-state index contributed by atoms with van der Waals surface area (Å²) in [5, 5.41) is 18.3. The van der Waals surface area contributed by atoms with Crippen molar-refractivity contribution in [2.75, 3.05) is 18.8 Å². The Bertz CT molecular complexity index is 1330. The van der Waals surface area contributed by atoms with Gasteiger partial charge in [0.25, 0.3) is 5.91 Å². The third kappa shape index (κ3) is 5.50. The number of esters is 1. The molecule has 1 aromatic heterocycles. The van der Waals surface area contributed by atoms with Crippen LogP contribution in [0.3, 0.4) is 0 Å². The third-order valence-corrected chi connectivity index (χ3v) is 8.77. The normalized spacial score (nSPS) is 26.6. The number of nitrogens with zero attached hydrogens (tertiary/aromatic N) is 5. The Morgan fingerprint density at radius 3 is 2.41 bits per heavy atom. The van der Waals surface area contributed by atoms with Crippen LogP contribution < -0.4 is 16.9 Å². The first kappa shape index (κ1) is 30.3. The molecule has 0 bridgehead atoms. The van der Waals surface area contributed by atoms with Crippen LogP contribution in [-0.4, -0.2) is 107 Å². The van der Waals surface area contributed by atoms with E-state index in [2.05, 4.69) is 15.5 Å². The maximum absolute atomic E-state index is 13.4. The Labute approximate surface area is 243 Å². The number of nitrogen functional groups attached to an aromatic ring is 1. The lowest BCUT2D eigenvalue weighted by molar-refractivity contribution is -0.179. The molecule has 0 aromatic carbocycles. The summed E-state index contributed by atoms with van der Waals surface area (Å²) in [6, 6.07) is -2.35. The number of oxime groups is 1. The summed E-state index contributed by atoms with van der Waals surface area (Å²) in [6.45, 7) is 9.37. The largest absolute Gasteiger partial charge is 0.479 e. The molecule has 0 spiro atoms. The fourth-order valence-corrected chi connectivity index (χ4v) is 6.73. The molecule has 0 unspecified atom stereocenters. The fraction of sp³-hybridized carbons (Fsp3) is 0.609. The number of thiazole rings is 1. The number of carbonyl (C=O) groups is 5. The van der Waals surface area contributed by atoms with E-state index in [9.17, 15) is 29.1 Å². The van der Waals surface area contributed by atoms with E-state index in [1.165, 1.54) is 24.1 Å². The molecule has 3 fully saturated rings. The zero-order valence-corrected chi connectivity index (χ0v) is 24.9. The number of nitrogens with one attached hydrogen (secondary N) is 1. The number of carboxylic acid groups (broad SMARTS) is 1. The van der Waals surface area contributed by atoms with Crippen LogP contribution in [0.5, 0.6) is 0 Å². The molecule has 6 N–H and O–H groups in total. The summed E-state index contributed by atoms with van der Waals surface area (Å²) in [6.07, 6.45) is 0. The zero-order valence-electron chi connectivity index (χ0n) is 23.2. The van der Waals surface area contributed by atoms with Crippen LogP contribution in [0.4, 0.5) is 9.93 Å². The van der Waals surface area contributed by atoms with Crippen LogP contribution in [0.2, 0.25) is 0 Å². The van der Waals surface area contributed by atoms with Gasteiger partial charge < -0.3 is 30.6 Å². The van der Waals surface area contributed by atoms with Crippen molar-refractivity contribution in [2.45, 2.75) is 75.1 Å². The van der Waals surface area contributed by atoms with Gasteiger partial charge in [-0.05, 0) is 41.5 Å². The molecule has 41 heavy (non-hydrogen) atoms. The smallest absolute Gasteiger partial charge is 0.353 e. The van der Waals surface area contributed by atoms with E-state index < -0.39 is 63.3 Å². The first-order valence-electron chi connectivity index (χ1n) is 12.5. The second-order valence-corrected chi connectivity index (χ2v) is 13.6. The molecule has 4 heterocycles. The lowest BCUT2D eigenvalue weighted by Crippen LogP contribution is -2.68. The van der Waals surface area contributed by atoms with Gasteiger partial charge in [0.1, 0.15) is 22.7 Å². The zero-order chi connectivity index (χ0) is 30.7. The number of aromatic nitrogens is 1. The SMILES string of the molecule is C[C@@H]1CN(N)C(=O)N1[C@]1(C(=O)O)CN2C(=O)[C@@H](NC(=O)/C(=N\OC(C)(C)C(=O)OC(C)(C)C)c3csc(N)n3)[C@H]2S1. The molecule has 1 aromatic rings. The van der Waals surface area contributed by atoms with E-state index in [1.807, 2.05) is 0 Å². The summed E-state index contributed by atoms with van der Waals surface area (Å²) in [7, 11) is 0. The van der Waals surface area contributed by atoms with Crippen molar-refractivity contribution in [1.82, 2.24) is 25.1 Å². The molecule has 4 atom stereocenters. The van der Waals surface area contributed by atoms with Gasteiger partial charge >= 0.3 is 18.0 Å². The number of β-lactam (4-membered cyclic amide) rings is 1. The average molecular weight is 613 g/mol. The number of carbonyl (C=O) groups excluding carboxylic acids is 4. The van der Waals surface area contributed by atoms with Crippen molar-refractivity contribution in [1.29, 1.82) is 0 Å². The molecule has 18 heteroatoms. The number of ether oxygens (including phenoxy) is 1. The fourth-order valence-electron chi connectivity index (χ4n) is 4.47. The summed E-state index contributed by atoms with van der Waals surface area (Å²) in [5.74, 6) is 2.25. The lowest BCUT2D eigenvalue weighted by Gasteiger charge is -2.41. The highest BCUT2D eigenvalue weighted by Crippen LogP contribution is 2.50. The summed E-state index contributed by atoms with van der Waals surface area (Å²) < 4.78 is 5.35. The molecule has 224 valence electrons. The van der Waals surface area contributed by atoms with E-state index >= 15 is 0 Å². The van der Waals surface area contributed by atoms with Crippen LogP contribution in [0.1, 0.15) is 47.2 Å². The number of carboxylic acids is 1. The molecule has 0 saturated carbocycles. The first-order valence-corrected chi connectivity index (χ1v) is 14.2. The number of hydrazine groups is 1. The minimum atomic E-state index is -1.80. The van der Waals surface area contributed by atoms with E-state index in [0.717, 1.165) is 33.0 Å². The Balaban J connectivity index is 1.56. The highest BCUT2D eigenvalue weighted by atomic mass is 32.2. The number of amides is 4. The number of hydrogen-bond acceptors (Lipinski definition) is 13. The third-order valence-electron chi connectivity index (χ3n) is 6.44. The van der Waals surface area contributed by atoms with Crippen molar-refractivity contribution >= 4 is 63.7 Å². The second-order valence-electron chi connectivity index (χ2n) is 11.3. The standard InChI is InChI=1S/C23H32N8O8S2/c1-10-7-30(25)20(37)31(10)23(17(34)35)9-29-15(33)13(16(29)41-23)27-14(32)12(11-8-40-19(24)26-11)28-39-22(5,6)18(36)38-21(2,3)4/h8,10,13,16H,7,9,25H2,1-6H3,(H2,24,26)(H,27,32)(H,34,35)/b28-12-/t10-,13-,16-,23-/m1/s1. The number of fused-ring (bicyclic) bond motifs is 1. The van der Waals surface area contributed by atoms with Crippen molar-refractivity contribution in [3.05, 3.63) is 11.1 Å². The maximum atomic E-state index is 13.4. The Kier molecular flexibility index (Phi) is 7.63. The number of anilines is 1. The summed E-state index contributed by atoms with van der Waals surface area (Å²) >= 11 is 1.90. The Morgan fingerprint density at radius 1 is 1.24 bits per heavy atom. The van der Waals surface area contributed by atoms with Gasteiger partial charge in [0.15, 0.2) is 10.8 Å². The van der Waals surface area contributed by atoms with Crippen molar-refractivity contribution in [2.24, 2.45) is 11.0 Å². The lowest BCUT2D eigenvalue weighted by atomic mass is 10.0. The molecule has 3 aliphatic heterocycles. The van der Waals surface area contributed by atoms with E-state index in [0.29, 0.717) is 0 Å². The molecule has 3 saturated heterocycles. The van der Waals surface area contributed by atoms with Gasteiger partial charge in [-0.15, -0.1) is 11.3 Å². The molecule has 4 rings (SSSR count). The predicted molar refractivity (Wildman–Crippen MR) is 147 cm³/mol. The van der Waals surface area contributed by atoms with Gasteiger partial charge in [0.2, 0.25) is 16.4 Å². The quantitative estimate of drug-likeness (QED) is 0.0745. The van der Waals surface area contributed by atoms with Crippen LogP contribution in [0.25, 0.3) is 0 Å². The van der Waals surface area contributed by atoms with Crippen LogP contribution in [0.15, 0.2) is 10.5 Å². The number of hydrogen-bond donors (Lipinski definition) is 4. The average Bonchev–Trinajstić information content (AvgIpc) is 3.51. The highest BCUT2D eigenvalue weighted by molar-refractivity contribution is 8.02. The van der Waals surface area contributed by atoms with E-state index in [-0.39, 0.29) is 29.6 Å². The Morgan fingerprint density at radius 2 is 1.90 bits per heavy atom. The summed E-state index contributed by atoms with van der Waals surface area (Å²) in [4.78, 5) is 74.4. The van der Waals surface area contributed by atoms with Crippen LogP contribution >= 0.6 is 23.1 Å². The van der Waals surface area contributed by atoms with Crippen LogP contribution in [-0.2, 0) is 28.8 Å². The topological polar surface area (TPSA) is 223 Å². The first-order chi connectivity index (χ1) is 18.9. The number of urea groups is 1. The molecule has 3 aliphatic rings. The minimum absolute atomic E-state index is 0.0344. The van der Waals surface area contributed by atoms with Gasteiger partial charge in [-0.2, -0.15) is 0 Å². The van der Waals surface area contributed by atoms with E-state index in [1.54, 1.807) is 27.7 Å². The van der Waals surface area contributed by atoms with Crippen molar-refractivity contribution in [3.63, 3.8) is 0 Å². The van der Waals surface area contributed by atoms with Crippen molar-refractivity contribution in [3.8, 4) is 0 Å². The molecule has 16 nitrogen and oxygen atoms in total. The molecular formula is C23H32N8O8S2. The van der Waals surface area contributed by atoms with Gasteiger partial charge in [0, 0.05) is 5.38 Å². The predicted octanol–water partition coefficient (Wildman–Crippen LogP) is -0.253. The molecule has 4 amide bonds. The number of rotatable bonds is 8. The van der Waals surface area contributed by atoms with Crippen LogP contribution in [0, 0.1) is 0 Å². The van der Waals surface area contributed by atoms with E-state index in [4.69, 9.17) is 21.2 Å². The Hall–Kier alpha value is -3.64. The summed E-state index contributed by atoms with van der Waals surface area (Å²) in [5.41, 5.74) is 3.01. The monoisotopic (exact) mass is 612 g/mol. The van der Waals surface area contributed by atoms with Gasteiger partial charge in [-0.25, -0.2) is 25.2 Å². The van der Waals surface area contributed by atoms with Gasteiger partial charge in [-0.1, -0.05) is 16.9 Å². The maximum Gasteiger partial charge on any atom is 0.353 e.